The maximum absolute atomic E-state index is 11.6. The number of hydrogen-bond acceptors (Lipinski definition) is 3. The van der Waals surface area contributed by atoms with Gasteiger partial charge in [0.2, 0.25) is 0 Å². The van der Waals surface area contributed by atoms with E-state index in [1.807, 2.05) is 30.3 Å². The number of ether oxygens (including phenoxy) is 1. The lowest BCUT2D eigenvalue weighted by Gasteiger charge is -2.09. The third kappa shape index (κ3) is 2.63. The highest BCUT2D eigenvalue weighted by Crippen LogP contribution is 2.17. The number of anilines is 1. The summed E-state index contributed by atoms with van der Waals surface area (Å²) in [5.74, 6) is 0.0735. The summed E-state index contributed by atoms with van der Waals surface area (Å²) in [6.07, 6.45) is 1.49. The molecule has 0 unspecified atom stereocenters. The molecule has 1 aromatic carbocycles. The smallest absolute Gasteiger partial charge is 0.291 e. The van der Waals surface area contributed by atoms with E-state index >= 15 is 0 Å². The van der Waals surface area contributed by atoms with Gasteiger partial charge in [-0.3, -0.25) is 4.79 Å². The molecule has 0 aromatic heterocycles. The van der Waals surface area contributed by atoms with Crippen LogP contribution in [-0.4, -0.2) is 5.91 Å². The first-order valence-corrected chi connectivity index (χ1v) is 5.34. The lowest BCUT2D eigenvalue weighted by atomic mass is 10.3. The van der Waals surface area contributed by atoms with Crippen LogP contribution in [0.5, 0.6) is 0 Å². The van der Waals surface area contributed by atoms with Crippen LogP contribution in [0.25, 0.3) is 0 Å². The number of rotatable bonds is 2. The number of benzene rings is 1. The molecule has 0 atom stereocenters. The fourth-order valence-electron chi connectivity index (χ4n) is 1.08. The number of hydrogen-bond donors (Lipinski definition) is 1. The Kier molecular flexibility index (Phi) is 3.09. The summed E-state index contributed by atoms with van der Waals surface area (Å²) in [6.45, 7) is 0. The van der Waals surface area contributed by atoms with Crippen LogP contribution in [0.3, 0.4) is 0 Å². The highest BCUT2D eigenvalue weighted by Gasteiger charge is 2.11. The second-order valence-corrected chi connectivity index (χ2v) is 3.61. The largest absolute Gasteiger partial charge is 0.458 e. The SMILES string of the molecule is O=C(Nc1ccccc1)C1=CSC=CO1. The van der Waals surface area contributed by atoms with E-state index in [9.17, 15) is 4.79 Å². The molecule has 0 bridgehead atoms. The van der Waals surface area contributed by atoms with Crippen molar-refractivity contribution in [1.82, 2.24) is 0 Å². The first-order chi connectivity index (χ1) is 7.36. The van der Waals surface area contributed by atoms with Gasteiger partial charge in [0.25, 0.3) is 5.91 Å². The minimum absolute atomic E-state index is 0.238. The molecule has 0 aliphatic carbocycles. The van der Waals surface area contributed by atoms with Crippen molar-refractivity contribution in [2.24, 2.45) is 0 Å². The van der Waals surface area contributed by atoms with Crippen molar-refractivity contribution in [3.8, 4) is 0 Å². The zero-order valence-corrected chi connectivity index (χ0v) is 8.66. The molecule has 0 radical (unpaired) electrons. The third-order valence-electron chi connectivity index (χ3n) is 1.76. The molecule has 3 nitrogen and oxygen atoms in total. The number of carbonyl (C=O) groups is 1. The van der Waals surface area contributed by atoms with Gasteiger partial charge >= 0.3 is 0 Å². The third-order valence-corrected chi connectivity index (χ3v) is 2.38. The zero-order chi connectivity index (χ0) is 10.5. The van der Waals surface area contributed by atoms with Crippen LogP contribution in [0.2, 0.25) is 0 Å². The van der Waals surface area contributed by atoms with E-state index in [0.717, 1.165) is 5.69 Å². The standard InChI is InChI=1S/C11H9NO2S/c13-11(10-8-15-7-6-14-10)12-9-4-2-1-3-5-9/h1-8H,(H,12,13). The maximum atomic E-state index is 11.6. The van der Waals surface area contributed by atoms with Crippen molar-refractivity contribution in [2.45, 2.75) is 0 Å². The Balaban J connectivity index is 2.01. The van der Waals surface area contributed by atoms with Crippen molar-refractivity contribution in [1.29, 1.82) is 0 Å². The number of thioether (sulfide) groups is 1. The predicted molar refractivity (Wildman–Crippen MR) is 61.0 cm³/mol. The van der Waals surface area contributed by atoms with Crippen molar-refractivity contribution in [3.63, 3.8) is 0 Å². The van der Waals surface area contributed by atoms with E-state index in [2.05, 4.69) is 5.32 Å². The fraction of sp³-hybridized carbons (Fsp3) is 0. The van der Waals surface area contributed by atoms with Crippen LogP contribution in [-0.2, 0) is 9.53 Å². The van der Waals surface area contributed by atoms with Gasteiger partial charge in [0.1, 0.15) is 0 Å². The predicted octanol–water partition coefficient (Wildman–Crippen LogP) is 2.70. The van der Waals surface area contributed by atoms with Crippen LogP contribution in [0.1, 0.15) is 0 Å². The second-order valence-electron chi connectivity index (χ2n) is 2.83. The van der Waals surface area contributed by atoms with Gasteiger partial charge in [0.15, 0.2) is 5.76 Å². The van der Waals surface area contributed by atoms with Gasteiger partial charge in [-0.15, -0.1) is 0 Å². The Labute approximate surface area is 91.8 Å². The topological polar surface area (TPSA) is 38.3 Å². The highest BCUT2D eigenvalue weighted by atomic mass is 32.2. The Morgan fingerprint density at radius 2 is 2.07 bits per heavy atom. The van der Waals surface area contributed by atoms with Gasteiger partial charge in [0, 0.05) is 16.5 Å². The summed E-state index contributed by atoms with van der Waals surface area (Å²) >= 11 is 1.41. The van der Waals surface area contributed by atoms with Crippen molar-refractivity contribution >= 4 is 23.4 Å². The van der Waals surface area contributed by atoms with Gasteiger partial charge < -0.3 is 10.1 Å². The molecule has 2 rings (SSSR count). The molecule has 0 saturated heterocycles. The Hall–Kier alpha value is -1.68. The minimum atomic E-state index is -0.238. The Morgan fingerprint density at radius 3 is 2.73 bits per heavy atom. The molecule has 76 valence electrons. The van der Waals surface area contributed by atoms with Crippen molar-refractivity contribution in [2.75, 3.05) is 5.32 Å². The second kappa shape index (κ2) is 4.70. The van der Waals surface area contributed by atoms with Gasteiger partial charge in [0.05, 0.1) is 6.26 Å². The average molecular weight is 219 g/mol. The first kappa shape index (κ1) is 9.86. The molecular formula is C11H9NO2S. The van der Waals surface area contributed by atoms with Crippen LogP contribution in [0, 0.1) is 0 Å². The van der Waals surface area contributed by atoms with Gasteiger partial charge in [-0.1, -0.05) is 30.0 Å². The number of carbonyl (C=O) groups excluding carboxylic acids is 1. The minimum Gasteiger partial charge on any atom is -0.458 e. The summed E-state index contributed by atoms with van der Waals surface area (Å²) in [5.41, 5.74) is 0.756. The molecule has 0 fully saturated rings. The average Bonchev–Trinajstić information content (AvgIpc) is 2.31. The zero-order valence-electron chi connectivity index (χ0n) is 7.84. The maximum Gasteiger partial charge on any atom is 0.291 e. The quantitative estimate of drug-likeness (QED) is 0.831. The first-order valence-electron chi connectivity index (χ1n) is 4.40. The Morgan fingerprint density at radius 1 is 1.27 bits per heavy atom. The summed E-state index contributed by atoms with van der Waals surface area (Å²) in [7, 11) is 0. The summed E-state index contributed by atoms with van der Waals surface area (Å²) in [5, 5.41) is 6.16. The van der Waals surface area contributed by atoms with Crippen molar-refractivity contribution in [3.05, 3.63) is 53.2 Å². The van der Waals surface area contributed by atoms with E-state index in [0.29, 0.717) is 5.76 Å². The van der Waals surface area contributed by atoms with Crippen LogP contribution < -0.4 is 5.32 Å². The molecule has 1 aliphatic heterocycles. The molecule has 0 spiro atoms. The molecule has 4 heteroatoms. The highest BCUT2D eigenvalue weighted by molar-refractivity contribution is 8.05. The van der Waals surface area contributed by atoms with Gasteiger partial charge in [-0.25, -0.2) is 0 Å². The molecular weight excluding hydrogens is 210 g/mol. The Bertz CT molecular complexity index is 412. The normalized spacial score (nSPS) is 14.0. The molecule has 1 heterocycles. The van der Waals surface area contributed by atoms with Crippen LogP contribution in [0.15, 0.2) is 53.2 Å². The van der Waals surface area contributed by atoms with E-state index in [4.69, 9.17) is 4.74 Å². The van der Waals surface area contributed by atoms with E-state index in [1.54, 1.807) is 10.8 Å². The van der Waals surface area contributed by atoms with Gasteiger partial charge in [-0.05, 0) is 12.1 Å². The number of nitrogens with one attached hydrogen (secondary N) is 1. The summed E-state index contributed by atoms with van der Waals surface area (Å²) < 4.78 is 5.06. The molecule has 1 aromatic rings. The number of amides is 1. The molecule has 1 amide bonds. The van der Waals surface area contributed by atoms with E-state index < -0.39 is 0 Å². The van der Waals surface area contributed by atoms with E-state index in [-0.39, 0.29) is 5.91 Å². The number of para-hydroxylation sites is 1. The lowest BCUT2D eigenvalue weighted by molar-refractivity contribution is -0.115. The lowest BCUT2D eigenvalue weighted by Crippen LogP contribution is -2.15. The van der Waals surface area contributed by atoms with Crippen LogP contribution >= 0.6 is 11.8 Å². The molecule has 0 saturated carbocycles. The van der Waals surface area contributed by atoms with E-state index in [1.165, 1.54) is 18.0 Å². The fourth-order valence-corrected chi connectivity index (χ4v) is 1.57. The monoisotopic (exact) mass is 219 g/mol. The van der Waals surface area contributed by atoms with Gasteiger partial charge in [-0.2, -0.15) is 0 Å². The summed E-state index contributed by atoms with van der Waals surface area (Å²) in [4.78, 5) is 11.6. The van der Waals surface area contributed by atoms with Crippen LogP contribution in [0.4, 0.5) is 5.69 Å². The molecule has 1 N–H and O–H groups in total. The summed E-state index contributed by atoms with van der Waals surface area (Å²) in [6, 6.07) is 9.26. The van der Waals surface area contributed by atoms with Crippen molar-refractivity contribution < 1.29 is 9.53 Å². The molecule has 15 heavy (non-hydrogen) atoms. The molecule has 1 aliphatic rings.